The highest BCUT2D eigenvalue weighted by Crippen LogP contribution is 2.12. The zero-order valence-corrected chi connectivity index (χ0v) is 10.9. The van der Waals surface area contributed by atoms with E-state index in [0.717, 1.165) is 18.5 Å². The Morgan fingerprint density at radius 1 is 1.35 bits per heavy atom. The third kappa shape index (κ3) is 5.29. The van der Waals surface area contributed by atoms with Crippen LogP contribution in [0.5, 0.6) is 0 Å². The third-order valence-corrected chi connectivity index (χ3v) is 2.43. The van der Waals surface area contributed by atoms with Gasteiger partial charge in [-0.05, 0) is 24.1 Å². The van der Waals surface area contributed by atoms with Gasteiger partial charge in [0.15, 0.2) is 0 Å². The maximum absolute atomic E-state index is 13.5. The fraction of sp³-hybridized carbons (Fsp3) is 0.571. The summed E-state index contributed by atoms with van der Waals surface area (Å²) in [5.41, 5.74) is 1.73. The Balaban J connectivity index is 2.59. The van der Waals surface area contributed by atoms with Gasteiger partial charge in [0.1, 0.15) is 5.82 Å². The molecule has 3 heteroatoms. The molecule has 0 aromatic heterocycles. The average Bonchev–Trinajstić information content (AvgIpc) is 2.30. The maximum atomic E-state index is 13.5. The van der Waals surface area contributed by atoms with Crippen molar-refractivity contribution in [2.24, 2.45) is 0 Å². The number of hydrogen-bond acceptors (Lipinski definition) is 2. The van der Waals surface area contributed by atoms with Crippen LogP contribution in [-0.2, 0) is 17.9 Å². The number of hydrogen-bond donors (Lipinski definition) is 1. The van der Waals surface area contributed by atoms with Crippen LogP contribution in [-0.4, -0.2) is 12.6 Å². The monoisotopic (exact) mass is 239 g/mol. The predicted molar refractivity (Wildman–Crippen MR) is 68.3 cm³/mol. The van der Waals surface area contributed by atoms with Crippen LogP contribution in [0.4, 0.5) is 4.39 Å². The molecule has 0 saturated heterocycles. The molecule has 2 nitrogen and oxygen atoms in total. The standard InChI is InChI=1S/C14H22FNO/c1-4-7-17-10-13-8-12(5-6-14(13)15)9-16-11(2)3/h5-6,8,11,16H,4,7,9-10H2,1-3H3. The van der Waals surface area contributed by atoms with E-state index in [1.54, 1.807) is 0 Å². The Labute approximate surface area is 103 Å². The van der Waals surface area contributed by atoms with Gasteiger partial charge in [0.25, 0.3) is 0 Å². The van der Waals surface area contributed by atoms with E-state index in [9.17, 15) is 4.39 Å². The van der Waals surface area contributed by atoms with Crippen molar-refractivity contribution in [3.05, 3.63) is 35.1 Å². The van der Waals surface area contributed by atoms with Crippen LogP contribution in [0.25, 0.3) is 0 Å². The summed E-state index contributed by atoms with van der Waals surface area (Å²) in [7, 11) is 0. The fourth-order valence-corrected chi connectivity index (χ4v) is 1.50. The molecule has 0 aliphatic rings. The van der Waals surface area contributed by atoms with Crippen molar-refractivity contribution in [2.45, 2.75) is 46.4 Å². The quantitative estimate of drug-likeness (QED) is 0.737. The molecule has 0 saturated carbocycles. The summed E-state index contributed by atoms with van der Waals surface area (Å²) in [5.74, 6) is -0.186. The predicted octanol–water partition coefficient (Wildman–Crippen LogP) is 3.25. The molecule has 1 N–H and O–H groups in total. The van der Waals surface area contributed by atoms with Gasteiger partial charge in [0.05, 0.1) is 6.61 Å². The largest absolute Gasteiger partial charge is 0.377 e. The molecule has 1 aromatic carbocycles. The first-order valence-electron chi connectivity index (χ1n) is 6.22. The first-order chi connectivity index (χ1) is 8.13. The highest BCUT2D eigenvalue weighted by molar-refractivity contribution is 5.24. The van der Waals surface area contributed by atoms with Gasteiger partial charge in [-0.3, -0.25) is 0 Å². The lowest BCUT2D eigenvalue weighted by atomic mass is 10.1. The van der Waals surface area contributed by atoms with Gasteiger partial charge in [-0.2, -0.15) is 0 Å². The lowest BCUT2D eigenvalue weighted by Gasteiger charge is -2.10. The van der Waals surface area contributed by atoms with Crippen LogP contribution in [0.3, 0.4) is 0 Å². The molecule has 0 spiro atoms. The van der Waals surface area contributed by atoms with Crippen molar-refractivity contribution in [3.8, 4) is 0 Å². The van der Waals surface area contributed by atoms with Crippen LogP contribution in [0.2, 0.25) is 0 Å². The summed E-state index contributed by atoms with van der Waals surface area (Å²) in [4.78, 5) is 0. The molecule has 1 aromatic rings. The van der Waals surface area contributed by atoms with Gasteiger partial charge in [-0.1, -0.05) is 26.8 Å². The highest BCUT2D eigenvalue weighted by atomic mass is 19.1. The smallest absolute Gasteiger partial charge is 0.128 e. The van der Waals surface area contributed by atoms with Crippen molar-refractivity contribution < 1.29 is 9.13 Å². The summed E-state index contributed by atoms with van der Waals surface area (Å²) in [6.07, 6.45) is 0.955. The third-order valence-electron chi connectivity index (χ3n) is 2.43. The minimum absolute atomic E-state index is 0.186. The summed E-state index contributed by atoms with van der Waals surface area (Å²) in [6, 6.07) is 5.64. The van der Waals surface area contributed by atoms with Crippen molar-refractivity contribution in [1.82, 2.24) is 5.32 Å². The zero-order chi connectivity index (χ0) is 12.7. The molecule has 0 aliphatic carbocycles. The Morgan fingerprint density at radius 3 is 2.76 bits per heavy atom. The van der Waals surface area contributed by atoms with Gasteiger partial charge < -0.3 is 10.1 Å². The molecule has 0 fully saturated rings. The van der Waals surface area contributed by atoms with E-state index in [4.69, 9.17) is 4.74 Å². The highest BCUT2D eigenvalue weighted by Gasteiger charge is 2.04. The minimum Gasteiger partial charge on any atom is -0.377 e. The number of rotatable bonds is 7. The zero-order valence-electron chi connectivity index (χ0n) is 10.9. The lowest BCUT2D eigenvalue weighted by molar-refractivity contribution is 0.119. The van der Waals surface area contributed by atoms with E-state index in [0.29, 0.717) is 24.8 Å². The van der Waals surface area contributed by atoms with Crippen molar-refractivity contribution >= 4 is 0 Å². The maximum Gasteiger partial charge on any atom is 0.128 e. The van der Waals surface area contributed by atoms with E-state index in [1.807, 2.05) is 19.1 Å². The van der Waals surface area contributed by atoms with Crippen LogP contribution >= 0.6 is 0 Å². The van der Waals surface area contributed by atoms with E-state index >= 15 is 0 Å². The number of ether oxygens (including phenoxy) is 1. The SMILES string of the molecule is CCCOCc1cc(CNC(C)C)ccc1F. The molecule has 0 bridgehead atoms. The Bertz CT molecular complexity index is 339. The van der Waals surface area contributed by atoms with Crippen LogP contribution in [0.15, 0.2) is 18.2 Å². The van der Waals surface area contributed by atoms with E-state index in [-0.39, 0.29) is 5.82 Å². The van der Waals surface area contributed by atoms with Crippen LogP contribution in [0.1, 0.15) is 38.3 Å². The van der Waals surface area contributed by atoms with Gasteiger partial charge >= 0.3 is 0 Å². The number of nitrogens with one attached hydrogen (secondary N) is 1. The second-order valence-electron chi connectivity index (χ2n) is 4.51. The van der Waals surface area contributed by atoms with Gasteiger partial charge in [-0.25, -0.2) is 4.39 Å². The van der Waals surface area contributed by atoms with Gasteiger partial charge in [0, 0.05) is 24.8 Å². The van der Waals surface area contributed by atoms with E-state index in [1.165, 1.54) is 6.07 Å². The number of benzene rings is 1. The van der Waals surface area contributed by atoms with Crippen LogP contribution < -0.4 is 5.32 Å². The van der Waals surface area contributed by atoms with Crippen LogP contribution in [0, 0.1) is 5.82 Å². The van der Waals surface area contributed by atoms with Gasteiger partial charge in [-0.15, -0.1) is 0 Å². The Morgan fingerprint density at radius 2 is 2.12 bits per heavy atom. The molecule has 1 rings (SSSR count). The summed E-state index contributed by atoms with van der Waals surface area (Å²) < 4.78 is 18.9. The summed E-state index contributed by atoms with van der Waals surface area (Å²) in [6.45, 7) is 8.02. The molecular formula is C14H22FNO. The first kappa shape index (κ1) is 14.1. The Kier molecular flexibility index (Phi) is 6.16. The van der Waals surface area contributed by atoms with Crippen molar-refractivity contribution in [1.29, 1.82) is 0 Å². The summed E-state index contributed by atoms with van der Waals surface area (Å²) >= 11 is 0. The molecule has 0 unspecified atom stereocenters. The minimum atomic E-state index is -0.186. The second-order valence-corrected chi connectivity index (χ2v) is 4.51. The van der Waals surface area contributed by atoms with Crippen molar-refractivity contribution in [3.63, 3.8) is 0 Å². The molecule has 0 aliphatic heterocycles. The molecule has 0 atom stereocenters. The number of halogens is 1. The molecule has 0 amide bonds. The van der Waals surface area contributed by atoms with E-state index in [2.05, 4.69) is 19.2 Å². The first-order valence-corrected chi connectivity index (χ1v) is 6.22. The normalized spacial score (nSPS) is 11.1. The fourth-order valence-electron chi connectivity index (χ4n) is 1.50. The molecule has 0 radical (unpaired) electrons. The Hall–Kier alpha value is -0.930. The van der Waals surface area contributed by atoms with E-state index < -0.39 is 0 Å². The van der Waals surface area contributed by atoms with Crippen molar-refractivity contribution in [2.75, 3.05) is 6.61 Å². The molecule has 0 heterocycles. The molecule has 17 heavy (non-hydrogen) atoms. The average molecular weight is 239 g/mol. The molecule has 96 valence electrons. The topological polar surface area (TPSA) is 21.3 Å². The molecular weight excluding hydrogens is 217 g/mol. The lowest BCUT2D eigenvalue weighted by Crippen LogP contribution is -2.21. The van der Waals surface area contributed by atoms with Gasteiger partial charge in [0.2, 0.25) is 0 Å². The summed E-state index contributed by atoms with van der Waals surface area (Å²) in [5, 5.41) is 3.31. The second kappa shape index (κ2) is 7.41.